The van der Waals surface area contributed by atoms with Crippen molar-refractivity contribution >= 4 is 12.0 Å². The van der Waals surface area contributed by atoms with Gasteiger partial charge in [-0.2, -0.15) is 0 Å². The molecule has 0 aromatic heterocycles. The van der Waals surface area contributed by atoms with Crippen LogP contribution in [0.4, 0.5) is 4.79 Å². The van der Waals surface area contributed by atoms with Crippen LogP contribution in [0.15, 0.2) is 0 Å². The van der Waals surface area contributed by atoms with Crippen LogP contribution in [0, 0.1) is 11.8 Å². The van der Waals surface area contributed by atoms with Crippen LogP contribution in [0.5, 0.6) is 0 Å². The van der Waals surface area contributed by atoms with Crippen molar-refractivity contribution in [3.63, 3.8) is 0 Å². The summed E-state index contributed by atoms with van der Waals surface area (Å²) in [6.07, 6.45) is 5.16. The molecule has 2 unspecified atom stereocenters. The second kappa shape index (κ2) is 5.59. The first-order valence-electron chi connectivity index (χ1n) is 6.90. The predicted octanol–water partition coefficient (Wildman–Crippen LogP) is 1.68. The highest BCUT2D eigenvalue weighted by Crippen LogP contribution is 2.33. The minimum Gasteiger partial charge on any atom is -0.480 e. The molecule has 2 fully saturated rings. The van der Waals surface area contributed by atoms with Crippen molar-refractivity contribution in [2.45, 2.75) is 45.1 Å². The molecule has 5 nitrogen and oxygen atoms in total. The van der Waals surface area contributed by atoms with Gasteiger partial charge in [0.25, 0.3) is 0 Å². The van der Waals surface area contributed by atoms with Gasteiger partial charge in [-0.25, -0.2) is 9.59 Å². The van der Waals surface area contributed by atoms with E-state index in [1.165, 1.54) is 0 Å². The summed E-state index contributed by atoms with van der Waals surface area (Å²) >= 11 is 0. The average Bonchev–Trinajstić information content (AvgIpc) is 3.05. The van der Waals surface area contributed by atoms with Crippen LogP contribution in [0.1, 0.15) is 39.0 Å². The van der Waals surface area contributed by atoms with E-state index in [0.29, 0.717) is 5.92 Å². The summed E-state index contributed by atoms with van der Waals surface area (Å²) in [4.78, 5) is 24.8. The summed E-state index contributed by atoms with van der Waals surface area (Å²) in [7, 11) is 0. The maximum absolute atomic E-state index is 12.0. The molecule has 1 heterocycles. The second-order valence-corrected chi connectivity index (χ2v) is 5.49. The van der Waals surface area contributed by atoms with Crippen LogP contribution in [0.3, 0.4) is 0 Å². The summed E-state index contributed by atoms with van der Waals surface area (Å²) in [5.74, 6) is -0.180. The van der Waals surface area contributed by atoms with Gasteiger partial charge in [0.05, 0.1) is 0 Å². The number of carbonyl (C=O) groups is 2. The van der Waals surface area contributed by atoms with Gasteiger partial charge in [-0.05, 0) is 37.5 Å². The number of hydrogen-bond acceptors (Lipinski definition) is 2. The molecule has 5 heteroatoms. The number of likely N-dealkylation sites (tertiary alicyclic amines) is 1. The van der Waals surface area contributed by atoms with E-state index in [-0.39, 0.29) is 11.9 Å². The Morgan fingerprint density at radius 3 is 2.67 bits per heavy atom. The lowest BCUT2D eigenvalue weighted by molar-refractivity contribution is -0.139. The Labute approximate surface area is 108 Å². The van der Waals surface area contributed by atoms with Crippen LogP contribution in [-0.4, -0.2) is 41.1 Å². The smallest absolute Gasteiger partial charge is 0.326 e. The number of carbonyl (C=O) groups excluding carboxylic acids is 1. The molecular weight excluding hydrogens is 232 g/mol. The molecule has 2 aliphatic rings. The zero-order valence-electron chi connectivity index (χ0n) is 10.9. The Morgan fingerprint density at radius 2 is 2.11 bits per heavy atom. The van der Waals surface area contributed by atoms with Crippen LogP contribution in [-0.2, 0) is 4.79 Å². The molecule has 1 saturated carbocycles. The van der Waals surface area contributed by atoms with Gasteiger partial charge in [-0.1, -0.05) is 13.3 Å². The van der Waals surface area contributed by atoms with E-state index in [9.17, 15) is 9.59 Å². The number of amides is 2. The lowest BCUT2D eigenvalue weighted by atomic mass is 10.0. The van der Waals surface area contributed by atoms with E-state index in [0.717, 1.165) is 45.2 Å². The van der Waals surface area contributed by atoms with E-state index < -0.39 is 12.0 Å². The lowest BCUT2D eigenvalue weighted by Gasteiger charge is -2.21. The third kappa shape index (κ3) is 3.15. The molecule has 2 amide bonds. The van der Waals surface area contributed by atoms with Crippen molar-refractivity contribution in [2.75, 3.05) is 13.1 Å². The van der Waals surface area contributed by atoms with Crippen molar-refractivity contribution in [3.05, 3.63) is 0 Å². The largest absolute Gasteiger partial charge is 0.480 e. The van der Waals surface area contributed by atoms with Crippen molar-refractivity contribution in [3.8, 4) is 0 Å². The van der Waals surface area contributed by atoms with Gasteiger partial charge in [-0.15, -0.1) is 0 Å². The molecule has 0 spiro atoms. The molecule has 0 aromatic carbocycles. The summed E-state index contributed by atoms with van der Waals surface area (Å²) in [6.45, 7) is 3.68. The number of aliphatic carboxylic acids is 1. The SMILES string of the molecule is CCCC1CCN(C(=O)NC(C(=O)O)C2CC2)C1. The van der Waals surface area contributed by atoms with E-state index in [2.05, 4.69) is 12.2 Å². The molecule has 0 bridgehead atoms. The predicted molar refractivity (Wildman–Crippen MR) is 67.3 cm³/mol. The van der Waals surface area contributed by atoms with Crippen LogP contribution in [0.25, 0.3) is 0 Å². The monoisotopic (exact) mass is 254 g/mol. The first kappa shape index (κ1) is 13.2. The highest BCUT2D eigenvalue weighted by molar-refractivity contribution is 5.83. The first-order valence-corrected chi connectivity index (χ1v) is 6.90. The van der Waals surface area contributed by atoms with Gasteiger partial charge in [0.15, 0.2) is 0 Å². The molecule has 0 aromatic rings. The number of rotatable bonds is 5. The summed E-state index contributed by atoms with van der Waals surface area (Å²) in [5.41, 5.74) is 0. The van der Waals surface area contributed by atoms with Crippen molar-refractivity contribution in [1.82, 2.24) is 10.2 Å². The summed E-state index contributed by atoms with van der Waals surface area (Å²) < 4.78 is 0. The zero-order chi connectivity index (χ0) is 13.1. The molecule has 2 rings (SSSR count). The van der Waals surface area contributed by atoms with Crippen LogP contribution in [0.2, 0.25) is 0 Å². The fourth-order valence-corrected chi connectivity index (χ4v) is 2.70. The maximum Gasteiger partial charge on any atom is 0.326 e. The second-order valence-electron chi connectivity index (χ2n) is 5.49. The van der Waals surface area contributed by atoms with Gasteiger partial charge in [0.1, 0.15) is 6.04 Å². The van der Waals surface area contributed by atoms with Gasteiger partial charge in [0.2, 0.25) is 0 Å². The van der Waals surface area contributed by atoms with Gasteiger partial charge >= 0.3 is 12.0 Å². The Hall–Kier alpha value is -1.26. The highest BCUT2D eigenvalue weighted by Gasteiger charge is 2.38. The summed E-state index contributed by atoms with van der Waals surface area (Å²) in [5, 5.41) is 11.7. The fourth-order valence-electron chi connectivity index (χ4n) is 2.70. The lowest BCUT2D eigenvalue weighted by Crippen LogP contribution is -2.48. The van der Waals surface area contributed by atoms with Crippen LogP contribution >= 0.6 is 0 Å². The minimum atomic E-state index is -0.907. The Kier molecular flexibility index (Phi) is 4.09. The molecule has 2 atom stereocenters. The van der Waals surface area contributed by atoms with Crippen molar-refractivity contribution < 1.29 is 14.7 Å². The Balaban J connectivity index is 1.82. The number of carboxylic acid groups (broad SMARTS) is 1. The van der Waals surface area contributed by atoms with Crippen molar-refractivity contribution in [1.29, 1.82) is 0 Å². The van der Waals surface area contributed by atoms with Gasteiger partial charge in [0, 0.05) is 13.1 Å². The third-order valence-corrected chi connectivity index (χ3v) is 3.91. The molecule has 102 valence electrons. The number of hydrogen-bond donors (Lipinski definition) is 2. The fraction of sp³-hybridized carbons (Fsp3) is 0.846. The molecule has 2 N–H and O–H groups in total. The molecule has 0 radical (unpaired) electrons. The molecular formula is C13H22N2O3. The van der Waals surface area contributed by atoms with E-state index in [1.807, 2.05) is 0 Å². The number of nitrogens with one attached hydrogen (secondary N) is 1. The standard InChI is InChI=1S/C13H22N2O3/c1-2-3-9-6-7-15(8-9)13(18)14-11(12(16)17)10-4-5-10/h9-11H,2-8H2,1H3,(H,14,18)(H,16,17). The highest BCUT2D eigenvalue weighted by atomic mass is 16.4. The Bertz CT molecular complexity index is 328. The van der Waals surface area contributed by atoms with Gasteiger partial charge < -0.3 is 15.3 Å². The number of nitrogens with zero attached hydrogens (tertiary/aromatic N) is 1. The molecule has 18 heavy (non-hydrogen) atoms. The van der Waals surface area contributed by atoms with Crippen LogP contribution < -0.4 is 5.32 Å². The summed E-state index contributed by atoms with van der Waals surface area (Å²) in [6, 6.07) is -0.893. The van der Waals surface area contributed by atoms with E-state index in [1.54, 1.807) is 4.90 Å². The number of urea groups is 1. The minimum absolute atomic E-state index is 0.139. The molecule has 1 saturated heterocycles. The topological polar surface area (TPSA) is 69.6 Å². The van der Waals surface area contributed by atoms with Crippen molar-refractivity contribution in [2.24, 2.45) is 11.8 Å². The Morgan fingerprint density at radius 1 is 1.39 bits per heavy atom. The number of carboxylic acids is 1. The molecule has 1 aliphatic carbocycles. The molecule has 1 aliphatic heterocycles. The van der Waals surface area contributed by atoms with Gasteiger partial charge in [-0.3, -0.25) is 0 Å². The maximum atomic E-state index is 12.0. The average molecular weight is 254 g/mol. The third-order valence-electron chi connectivity index (χ3n) is 3.91. The zero-order valence-corrected chi connectivity index (χ0v) is 10.9. The van der Waals surface area contributed by atoms with E-state index in [4.69, 9.17) is 5.11 Å². The normalized spacial score (nSPS) is 24.9. The quantitative estimate of drug-likeness (QED) is 0.784. The van der Waals surface area contributed by atoms with E-state index >= 15 is 0 Å². The first-order chi connectivity index (χ1) is 8.61.